The number of nitrogens with one attached hydrogen (secondary N) is 1. The fraction of sp³-hybridized carbons (Fsp3) is 0.750. The van der Waals surface area contributed by atoms with Gasteiger partial charge in [0.05, 0.1) is 18.5 Å². The van der Waals surface area contributed by atoms with Crippen LogP contribution in [0.25, 0.3) is 0 Å². The second-order valence-corrected chi connectivity index (χ2v) is 6.81. The molecule has 0 aliphatic carbocycles. The highest BCUT2D eigenvalue weighted by molar-refractivity contribution is 5.85. The molecule has 10 heteroatoms. The topological polar surface area (TPSA) is 53.4 Å². The van der Waals surface area contributed by atoms with Gasteiger partial charge in [-0.25, -0.2) is 4.98 Å². The number of alkyl halides is 3. The number of piperidine rings is 1. The molecule has 0 aromatic carbocycles. The van der Waals surface area contributed by atoms with E-state index in [4.69, 9.17) is 0 Å². The van der Waals surface area contributed by atoms with Gasteiger partial charge in [-0.05, 0) is 12.8 Å². The molecule has 3 rings (SSSR count). The van der Waals surface area contributed by atoms with Crippen molar-refractivity contribution in [2.24, 2.45) is 13.0 Å². The lowest BCUT2D eigenvalue weighted by molar-refractivity contribution is -0.188. The standard InChI is InChI=1S/C16H24F3N5O.ClH/c1-22-7-5-21-15(22)13-9-20-4-8-23(13)11-14(25)24-6-2-3-12(10-24)16(17,18)19;/h5,7,12-13,20H,2-4,6,8-11H2,1H3;1H. The van der Waals surface area contributed by atoms with Crippen molar-refractivity contribution in [2.75, 3.05) is 39.3 Å². The lowest BCUT2D eigenvalue weighted by Crippen LogP contribution is -2.52. The van der Waals surface area contributed by atoms with Crippen LogP contribution in [0.4, 0.5) is 13.2 Å². The maximum atomic E-state index is 13.0. The highest BCUT2D eigenvalue weighted by atomic mass is 35.5. The predicted octanol–water partition coefficient (Wildman–Crippen LogP) is 1.59. The third kappa shape index (κ3) is 4.69. The molecule has 0 bridgehead atoms. The Bertz CT molecular complexity index is 609. The van der Waals surface area contributed by atoms with Crippen molar-refractivity contribution in [3.05, 3.63) is 18.2 Å². The van der Waals surface area contributed by atoms with Crippen LogP contribution in [0.5, 0.6) is 0 Å². The summed E-state index contributed by atoms with van der Waals surface area (Å²) in [6.45, 7) is 2.40. The third-order valence-electron chi connectivity index (χ3n) is 5.09. The van der Waals surface area contributed by atoms with E-state index in [2.05, 4.69) is 10.3 Å². The van der Waals surface area contributed by atoms with Crippen molar-refractivity contribution >= 4 is 18.3 Å². The normalized spacial score (nSPS) is 25.0. The number of hydrogen-bond donors (Lipinski definition) is 1. The lowest BCUT2D eigenvalue weighted by atomic mass is 9.97. The zero-order valence-electron chi connectivity index (χ0n) is 14.7. The molecule has 2 saturated heterocycles. The number of halogens is 4. The number of hydrogen-bond acceptors (Lipinski definition) is 4. The molecule has 0 saturated carbocycles. The number of piperazine rings is 1. The maximum Gasteiger partial charge on any atom is 0.393 e. The van der Waals surface area contributed by atoms with Gasteiger partial charge in [0.25, 0.3) is 0 Å². The Morgan fingerprint density at radius 2 is 2.15 bits per heavy atom. The average Bonchev–Trinajstić information content (AvgIpc) is 3.00. The van der Waals surface area contributed by atoms with E-state index in [1.165, 1.54) is 4.90 Å². The van der Waals surface area contributed by atoms with Gasteiger partial charge < -0.3 is 14.8 Å². The average molecular weight is 396 g/mol. The summed E-state index contributed by atoms with van der Waals surface area (Å²) in [5.41, 5.74) is 0. The van der Waals surface area contributed by atoms with Crippen molar-refractivity contribution in [3.8, 4) is 0 Å². The van der Waals surface area contributed by atoms with Crippen molar-refractivity contribution in [1.82, 2.24) is 24.7 Å². The van der Waals surface area contributed by atoms with Gasteiger partial charge >= 0.3 is 6.18 Å². The molecule has 26 heavy (non-hydrogen) atoms. The lowest BCUT2D eigenvalue weighted by Gasteiger charge is -2.38. The van der Waals surface area contributed by atoms with E-state index in [1.54, 1.807) is 6.20 Å². The highest BCUT2D eigenvalue weighted by Gasteiger charge is 2.43. The molecule has 1 aromatic heterocycles. The first kappa shape index (κ1) is 21.0. The van der Waals surface area contributed by atoms with Crippen molar-refractivity contribution in [2.45, 2.75) is 25.1 Å². The Labute approximate surface area is 157 Å². The molecule has 1 aromatic rings. The predicted molar refractivity (Wildman–Crippen MR) is 93.0 cm³/mol. The summed E-state index contributed by atoms with van der Waals surface area (Å²) < 4.78 is 40.8. The zero-order chi connectivity index (χ0) is 18.0. The molecule has 3 heterocycles. The van der Waals surface area contributed by atoms with Crippen LogP contribution >= 0.6 is 12.4 Å². The third-order valence-corrected chi connectivity index (χ3v) is 5.09. The number of aromatic nitrogens is 2. The van der Waals surface area contributed by atoms with Crippen LogP contribution in [0, 0.1) is 5.92 Å². The molecule has 2 atom stereocenters. The van der Waals surface area contributed by atoms with Gasteiger partial charge in [-0.2, -0.15) is 13.2 Å². The van der Waals surface area contributed by atoms with E-state index >= 15 is 0 Å². The zero-order valence-corrected chi connectivity index (χ0v) is 15.5. The number of carbonyl (C=O) groups is 1. The summed E-state index contributed by atoms with van der Waals surface area (Å²) in [4.78, 5) is 20.4. The van der Waals surface area contributed by atoms with Crippen LogP contribution in [0.1, 0.15) is 24.7 Å². The smallest absolute Gasteiger partial charge is 0.341 e. The van der Waals surface area contributed by atoms with Crippen LogP contribution in [0.2, 0.25) is 0 Å². The number of imidazole rings is 1. The van der Waals surface area contributed by atoms with Gasteiger partial charge in [0.1, 0.15) is 5.82 Å². The van der Waals surface area contributed by atoms with Gasteiger partial charge in [0.2, 0.25) is 5.91 Å². The van der Waals surface area contributed by atoms with Gasteiger partial charge in [0, 0.05) is 52.2 Å². The number of nitrogens with zero attached hydrogens (tertiary/aromatic N) is 4. The first-order chi connectivity index (χ1) is 11.9. The minimum atomic E-state index is -4.23. The first-order valence-electron chi connectivity index (χ1n) is 8.62. The number of carbonyl (C=O) groups excluding carboxylic acids is 1. The molecule has 2 unspecified atom stereocenters. The summed E-state index contributed by atoms with van der Waals surface area (Å²) in [5.74, 6) is -0.777. The van der Waals surface area contributed by atoms with E-state index in [-0.39, 0.29) is 43.9 Å². The fourth-order valence-electron chi connectivity index (χ4n) is 3.63. The van der Waals surface area contributed by atoms with E-state index in [1.807, 2.05) is 22.7 Å². The van der Waals surface area contributed by atoms with Crippen LogP contribution in [0.15, 0.2) is 12.4 Å². The number of amides is 1. The molecule has 6 nitrogen and oxygen atoms in total. The van der Waals surface area contributed by atoms with E-state index < -0.39 is 12.1 Å². The van der Waals surface area contributed by atoms with Crippen molar-refractivity contribution < 1.29 is 18.0 Å². The fourth-order valence-corrected chi connectivity index (χ4v) is 3.63. The Morgan fingerprint density at radius 3 is 2.81 bits per heavy atom. The summed E-state index contributed by atoms with van der Waals surface area (Å²) >= 11 is 0. The summed E-state index contributed by atoms with van der Waals surface area (Å²) in [5, 5.41) is 3.29. The maximum absolute atomic E-state index is 13.0. The van der Waals surface area contributed by atoms with Crippen LogP contribution < -0.4 is 5.32 Å². The van der Waals surface area contributed by atoms with Gasteiger partial charge in [-0.15, -0.1) is 12.4 Å². The second kappa shape index (κ2) is 8.58. The molecule has 0 radical (unpaired) electrons. The molecular formula is C16H25ClF3N5O. The molecule has 1 amide bonds. The monoisotopic (exact) mass is 395 g/mol. The molecule has 0 spiro atoms. The van der Waals surface area contributed by atoms with Crippen LogP contribution in [-0.2, 0) is 11.8 Å². The van der Waals surface area contributed by atoms with Crippen LogP contribution in [0.3, 0.4) is 0 Å². The Kier molecular flexibility index (Phi) is 6.92. The van der Waals surface area contributed by atoms with Gasteiger partial charge in [-0.3, -0.25) is 9.69 Å². The Morgan fingerprint density at radius 1 is 1.38 bits per heavy atom. The van der Waals surface area contributed by atoms with Crippen molar-refractivity contribution in [1.29, 1.82) is 0 Å². The van der Waals surface area contributed by atoms with E-state index in [9.17, 15) is 18.0 Å². The molecule has 2 aliphatic heterocycles. The summed E-state index contributed by atoms with van der Waals surface area (Å²) in [6.07, 6.45) is -0.161. The summed E-state index contributed by atoms with van der Waals surface area (Å²) in [7, 11) is 1.90. The van der Waals surface area contributed by atoms with Crippen LogP contribution in [-0.4, -0.2) is 70.7 Å². The van der Waals surface area contributed by atoms with E-state index in [0.29, 0.717) is 26.1 Å². The molecule has 2 aliphatic rings. The molecule has 148 valence electrons. The Balaban J connectivity index is 0.00000243. The quantitative estimate of drug-likeness (QED) is 0.844. The highest BCUT2D eigenvalue weighted by Crippen LogP contribution is 2.33. The Hall–Kier alpha value is -1.32. The molecule has 2 fully saturated rings. The SMILES string of the molecule is Cl.Cn1ccnc1C1CNCCN1CC(=O)N1CCCC(C(F)(F)F)C1. The first-order valence-corrected chi connectivity index (χ1v) is 8.62. The van der Waals surface area contributed by atoms with Gasteiger partial charge in [0.15, 0.2) is 0 Å². The number of rotatable bonds is 3. The van der Waals surface area contributed by atoms with Gasteiger partial charge in [-0.1, -0.05) is 0 Å². The number of aryl methyl sites for hydroxylation is 1. The minimum absolute atomic E-state index is 0. The van der Waals surface area contributed by atoms with E-state index in [0.717, 1.165) is 12.4 Å². The number of likely N-dealkylation sites (tertiary alicyclic amines) is 1. The minimum Gasteiger partial charge on any atom is -0.341 e. The molecular weight excluding hydrogens is 371 g/mol. The second-order valence-electron chi connectivity index (χ2n) is 6.81. The van der Waals surface area contributed by atoms with Crippen molar-refractivity contribution in [3.63, 3.8) is 0 Å². The largest absolute Gasteiger partial charge is 0.393 e. The summed E-state index contributed by atoms with van der Waals surface area (Å²) in [6, 6.07) is -0.0547. The molecule has 1 N–H and O–H groups in total.